The van der Waals surface area contributed by atoms with Gasteiger partial charge in [0.1, 0.15) is 4.90 Å². The van der Waals surface area contributed by atoms with E-state index >= 15 is 0 Å². The van der Waals surface area contributed by atoms with E-state index in [2.05, 4.69) is 4.98 Å². The first kappa shape index (κ1) is 13.6. The molecule has 1 unspecified atom stereocenters. The Labute approximate surface area is 110 Å². The van der Waals surface area contributed by atoms with Gasteiger partial charge in [-0.25, -0.2) is 8.42 Å². The fraction of sp³-hybridized carbons (Fsp3) is 0.545. The minimum atomic E-state index is -3.52. The van der Waals surface area contributed by atoms with Crippen molar-refractivity contribution in [1.82, 2.24) is 9.29 Å². The molecule has 0 amide bonds. The van der Waals surface area contributed by atoms with Gasteiger partial charge in [-0.05, 0) is 26.0 Å². The van der Waals surface area contributed by atoms with Gasteiger partial charge in [0, 0.05) is 42.0 Å². The molecule has 2 heterocycles. The van der Waals surface area contributed by atoms with Crippen LogP contribution < -0.4 is 0 Å². The molecule has 2 rings (SSSR count). The van der Waals surface area contributed by atoms with Gasteiger partial charge in [-0.3, -0.25) is 9.19 Å². The predicted molar refractivity (Wildman–Crippen MR) is 70.1 cm³/mol. The van der Waals surface area contributed by atoms with Crippen molar-refractivity contribution in [2.45, 2.75) is 23.5 Å². The molecule has 18 heavy (non-hydrogen) atoms. The molecule has 1 aliphatic rings. The van der Waals surface area contributed by atoms with E-state index in [1.54, 1.807) is 6.07 Å². The van der Waals surface area contributed by atoms with E-state index in [1.165, 1.54) is 22.8 Å². The van der Waals surface area contributed by atoms with Gasteiger partial charge in [0.15, 0.2) is 0 Å². The van der Waals surface area contributed by atoms with Crippen LogP contribution in [-0.2, 0) is 20.8 Å². The van der Waals surface area contributed by atoms with Crippen molar-refractivity contribution in [3.05, 3.63) is 24.5 Å². The van der Waals surface area contributed by atoms with E-state index in [9.17, 15) is 12.6 Å². The SMILES string of the molecule is CC1(C)CN(S(=O)(=O)c2cccnc2)CCS1=O. The van der Waals surface area contributed by atoms with Crippen LogP contribution in [0.2, 0.25) is 0 Å². The zero-order chi connectivity index (χ0) is 13.4. The Hall–Kier alpha value is -0.790. The van der Waals surface area contributed by atoms with Gasteiger partial charge in [-0.1, -0.05) is 0 Å². The fourth-order valence-electron chi connectivity index (χ4n) is 1.89. The first-order valence-electron chi connectivity index (χ1n) is 5.63. The zero-order valence-electron chi connectivity index (χ0n) is 10.4. The third kappa shape index (κ3) is 2.48. The monoisotopic (exact) mass is 288 g/mol. The van der Waals surface area contributed by atoms with Gasteiger partial charge in [0.05, 0.1) is 4.75 Å². The van der Waals surface area contributed by atoms with Crippen molar-refractivity contribution in [3.63, 3.8) is 0 Å². The van der Waals surface area contributed by atoms with E-state index in [0.717, 1.165) is 0 Å². The largest absolute Gasteiger partial charge is 0.263 e. The minimum absolute atomic E-state index is 0.188. The van der Waals surface area contributed by atoms with Gasteiger partial charge >= 0.3 is 0 Å². The number of sulfonamides is 1. The maximum absolute atomic E-state index is 12.4. The smallest absolute Gasteiger partial charge is 0.244 e. The minimum Gasteiger partial charge on any atom is -0.263 e. The quantitative estimate of drug-likeness (QED) is 0.800. The Morgan fingerprint density at radius 2 is 2.17 bits per heavy atom. The fourth-order valence-corrected chi connectivity index (χ4v) is 4.89. The average Bonchev–Trinajstić information content (AvgIpc) is 2.33. The molecular weight excluding hydrogens is 272 g/mol. The molecule has 5 nitrogen and oxygen atoms in total. The van der Waals surface area contributed by atoms with Crippen molar-refractivity contribution < 1.29 is 12.6 Å². The Morgan fingerprint density at radius 1 is 1.44 bits per heavy atom. The summed E-state index contributed by atoms with van der Waals surface area (Å²) < 4.78 is 37.4. The maximum Gasteiger partial charge on any atom is 0.244 e. The van der Waals surface area contributed by atoms with Crippen molar-refractivity contribution in [3.8, 4) is 0 Å². The molecule has 0 N–H and O–H groups in total. The highest BCUT2D eigenvalue weighted by atomic mass is 32.2. The standard InChI is InChI=1S/C11H16N2O3S2/c1-11(2)9-13(6-7-17(11)14)18(15,16)10-4-3-5-12-8-10/h3-5,8H,6-7,9H2,1-2H3. The highest BCUT2D eigenvalue weighted by molar-refractivity contribution is 7.89. The Morgan fingerprint density at radius 3 is 2.72 bits per heavy atom. The summed E-state index contributed by atoms with van der Waals surface area (Å²) in [7, 11) is -4.50. The highest BCUT2D eigenvalue weighted by Gasteiger charge is 2.38. The van der Waals surface area contributed by atoms with Crippen LogP contribution in [0.1, 0.15) is 13.8 Å². The second-order valence-electron chi connectivity index (χ2n) is 4.84. The summed E-state index contributed by atoms with van der Waals surface area (Å²) in [6.45, 7) is 4.23. The number of nitrogens with zero attached hydrogens (tertiary/aromatic N) is 2. The summed E-state index contributed by atoms with van der Waals surface area (Å²) in [5.74, 6) is 0.381. The molecule has 7 heteroatoms. The van der Waals surface area contributed by atoms with Crippen LogP contribution in [0.5, 0.6) is 0 Å². The predicted octanol–water partition coefficient (Wildman–Crippen LogP) is 0.613. The van der Waals surface area contributed by atoms with Gasteiger partial charge < -0.3 is 0 Å². The van der Waals surface area contributed by atoms with E-state index in [1.807, 2.05) is 13.8 Å². The lowest BCUT2D eigenvalue weighted by Crippen LogP contribution is -2.51. The van der Waals surface area contributed by atoms with Gasteiger partial charge in [0.2, 0.25) is 10.0 Å². The molecule has 1 aromatic rings. The third-order valence-electron chi connectivity index (χ3n) is 2.97. The summed E-state index contributed by atoms with van der Waals surface area (Å²) in [4.78, 5) is 4.02. The third-order valence-corrected chi connectivity index (χ3v) is 6.72. The van der Waals surface area contributed by atoms with Gasteiger partial charge in [-0.15, -0.1) is 0 Å². The Balaban J connectivity index is 2.30. The number of rotatable bonds is 2. The lowest BCUT2D eigenvalue weighted by Gasteiger charge is -2.36. The molecule has 0 bridgehead atoms. The zero-order valence-corrected chi connectivity index (χ0v) is 12.0. The van der Waals surface area contributed by atoms with Crippen LogP contribution in [0.4, 0.5) is 0 Å². The summed E-state index contributed by atoms with van der Waals surface area (Å²) in [5.41, 5.74) is 0. The molecule has 1 saturated heterocycles. The first-order valence-corrected chi connectivity index (χ1v) is 8.38. The van der Waals surface area contributed by atoms with Crippen LogP contribution in [-0.4, -0.2) is 45.5 Å². The number of aromatic nitrogens is 1. The second kappa shape index (κ2) is 4.71. The van der Waals surface area contributed by atoms with E-state index < -0.39 is 25.6 Å². The molecule has 1 fully saturated rings. The number of hydrogen-bond acceptors (Lipinski definition) is 4. The van der Waals surface area contributed by atoms with E-state index in [4.69, 9.17) is 0 Å². The molecule has 0 saturated carbocycles. The Kier molecular flexibility index (Phi) is 3.57. The summed E-state index contributed by atoms with van der Waals surface area (Å²) in [6, 6.07) is 3.13. The summed E-state index contributed by atoms with van der Waals surface area (Å²) >= 11 is 0. The molecule has 0 aromatic carbocycles. The molecule has 1 aliphatic heterocycles. The molecule has 1 aromatic heterocycles. The van der Waals surface area contributed by atoms with Crippen molar-refractivity contribution in [1.29, 1.82) is 0 Å². The number of pyridine rings is 1. The second-order valence-corrected chi connectivity index (χ2v) is 8.98. The van der Waals surface area contributed by atoms with Crippen LogP contribution in [0.25, 0.3) is 0 Å². The van der Waals surface area contributed by atoms with Crippen molar-refractivity contribution in [2.24, 2.45) is 0 Å². The lowest BCUT2D eigenvalue weighted by molar-refractivity contribution is 0.378. The molecule has 0 aliphatic carbocycles. The van der Waals surface area contributed by atoms with Crippen LogP contribution in [0.3, 0.4) is 0 Å². The first-order chi connectivity index (χ1) is 8.34. The lowest BCUT2D eigenvalue weighted by atomic mass is 10.2. The van der Waals surface area contributed by atoms with Gasteiger partial charge in [0.25, 0.3) is 0 Å². The highest BCUT2D eigenvalue weighted by Crippen LogP contribution is 2.25. The molecule has 1 atom stereocenters. The maximum atomic E-state index is 12.4. The molecular formula is C11H16N2O3S2. The molecule has 0 radical (unpaired) electrons. The topological polar surface area (TPSA) is 67.3 Å². The van der Waals surface area contributed by atoms with Gasteiger partial charge in [-0.2, -0.15) is 4.31 Å². The molecule has 100 valence electrons. The summed E-state index contributed by atoms with van der Waals surface area (Å²) in [5, 5.41) is 0. The Bertz CT molecular complexity index is 555. The van der Waals surface area contributed by atoms with Crippen molar-refractivity contribution >= 4 is 20.8 Å². The van der Waals surface area contributed by atoms with Crippen LogP contribution in [0.15, 0.2) is 29.4 Å². The van der Waals surface area contributed by atoms with E-state index in [-0.39, 0.29) is 11.4 Å². The van der Waals surface area contributed by atoms with Crippen LogP contribution in [0, 0.1) is 0 Å². The van der Waals surface area contributed by atoms with Crippen molar-refractivity contribution in [2.75, 3.05) is 18.8 Å². The van der Waals surface area contributed by atoms with E-state index in [0.29, 0.717) is 12.3 Å². The average molecular weight is 288 g/mol. The molecule has 0 spiro atoms. The normalized spacial score (nSPS) is 24.9. The summed E-state index contributed by atoms with van der Waals surface area (Å²) in [6.07, 6.45) is 2.88. The van der Waals surface area contributed by atoms with Crippen LogP contribution >= 0.6 is 0 Å². The number of hydrogen-bond donors (Lipinski definition) is 0.